The molecule has 0 radical (unpaired) electrons. The van der Waals surface area contributed by atoms with E-state index in [1.54, 1.807) is 18.2 Å². The Kier molecular flexibility index (Phi) is 3.63. The van der Waals surface area contributed by atoms with Crippen LogP contribution < -0.4 is 4.90 Å². The number of nitrogens with zero attached hydrogens (tertiary/aromatic N) is 2. The molecule has 0 amide bonds. The van der Waals surface area contributed by atoms with E-state index in [4.69, 9.17) is 10.4 Å². The fourth-order valence-electron chi connectivity index (χ4n) is 2.31. The zero-order valence-corrected chi connectivity index (χ0v) is 10.4. The van der Waals surface area contributed by atoms with Crippen molar-refractivity contribution < 1.29 is 9.90 Å². The highest BCUT2D eigenvalue weighted by atomic mass is 16.3. The molecule has 4 heteroatoms. The van der Waals surface area contributed by atoms with E-state index >= 15 is 0 Å². The Hall–Kier alpha value is -1.86. The number of rotatable bonds is 3. The molecular formula is C14H16N2O2. The van der Waals surface area contributed by atoms with Crippen molar-refractivity contribution in [2.45, 2.75) is 13.3 Å². The predicted octanol–water partition coefficient (Wildman–Crippen LogP) is 1.58. The van der Waals surface area contributed by atoms with Gasteiger partial charge in [0.1, 0.15) is 6.07 Å². The summed E-state index contributed by atoms with van der Waals surface area (Å²) in [6.45, 7) is 3.25. The van der Waals surface area contributed by atoms with E-state index < -0.39 is 0 Å². The van der Waals surface area contributed by atoms with Gasteiger partial charge in [0.25, 0.3) is 0 Å². The molecule has 1 heterocycles. The summed E-state index contributed by atoms with van der Waals surface area (Å²) in [5.41, 5.74) is 2.01. The van der Waals surface area contributed by atoms with Crippen LogP contribution in [0, 0.1) is 17.2 Å². The number of anilines is 1. The summed E-state index contributed by atoms with van der Waals surface area (Å²) in [4.78, 5) is 13.5. The second-order valence-corrected chi connectivity index (χ2v) is 4.68. The summed E-state index contributed by atoms with van der Waals surface area (Å²) in [6, 6.07) is 7.31. The van der Waals surface area contributed by atoms with Gasteiger partial charge in [-0.05, 0) is 31.5 Å². The molecular weight excluding hydrogens is 228 g/mol. The molecule has 0 aromatic heterocycles. The number of Topliss-reactive ketones (excluding diaryl/α,β-unsaturated/α-hetero) is 1. The first-order valence-electron chi connectivity index (χ1n) is 6.06. The molecule has 0 spiro atoms. The van der Waals surface area contributed by atoms with Crippen LogP contribution >= 0.6 is 0 Å². The molecule has 0 bridgehead atoms. The quantitative estimate of drug-likeness (QED) is 0.820. The number of carbonyl (C=O) groups excluding carboxylic acids is 1. The molecule has 4 nitrogen and oxygen atoms in total. The van der Waals surface area contributed by atoms with Crippen molar-refractivity contribution in [1.82, 2.24) is 0 Å². The maximum Gasteiger partial charge on any atom is 0.159 e. The third-order valence-electron chi connectivity index (χ3n) is 3.41. The Balaban J connectivity index is 2.33. The Morgan fingerprint density at radius 1 is 1.61 bits per heavy atom. The van der Waals surface area contributed by atoms with Crippen LogP contribution in [-0.2, 0) is 0 Å². The maximum absolute atomic E-state index is 11.4. The van der Waals surface area contributed by atoms with Crippen molar-refractivity contribution in [2.75, 3.05) is 24.6 Å². The van der Waals surface area contributed by atoms with Gasteiger partial charge in [0, 0.05) is 31.2 Å². The molecule has 1 fully saturated rings. The number of aliphatic hydroxyl groups excluding tert-OH is 1. The molecule has 1 unspecified atom stereocenters. The number of benzene rings is 1. The minimum absolute atomic E-state index is 0.00125. The zero-order chi connectivity index (χ0) is 13.1. The van der Waals surface area contributed by atoms with Crippen LogP contribution in [0.1, 0.15) is 29.3 Å². The summed E-state index contributed by atoms with van der Waals surface area (Å²) in [6.07, 6.45) is 0.922. The largest absolute Gasteiger partial charge is 0.396 e. The lowest BCUT2D eigenvalue weighted by Crippen LogP contribution is -2.21. The van der Waals surface area contributed by atoms with E-state index in [1.165, 1.54) is 6.92 Å². The third kappa shape index (κ3) is 2.36. The van der Waals surface area contributed by atoms with Crippen molar-refractivity contribution in [2.24, 2.45) is 5.92 Å². The van der Waals surface area contributed by atoms with Crippen LogP contribution in [0.4, 0.5) is 5.69 Å². The monoisotopic (exact) mass is 244 g/mol. The first-order valence-corrected chi connectivity index (χ1v) is 6.06. The minimum Gasteiger partial charge on any atom is -0.396 e. The molecule has 2 rings (SSSR count). The molecule has 1 aromatic carbocycles. The Morgan fingerprint density at radius 3 is 2.94 bits per heavy atom. The number of hydrogen-bond acceptors (Lipinski definition) is 4. The summed E-state index contributed by atoms with van der Waals surface area (Å²) < 4.78 is 0. The van der Waals surface area contributed by atoms with Gasteiger partial charge in [-0.3, -0.25) is 4.79 Å². The van der Waals surface area contributed by atoms with Crippen LogP contribution in [0.15, 0.2) is 18.2 Å². The van der Waals surface area contributed by atoms with Crippen molar-refractivity contribution in [1.29, 1.82) is 5.26 Å². The molecule has 94 valence electrons. The van der Waals surface area contributed by atoms with Gasteiger partial charge < -0.3 is 10.0 Å². The summed E-state index contributed by atoms with van der Waals surface area (Å²) >= 11 is 0. The standard InChI is InChI=1S/C14H16N2O2/c1-10(18)12-2-3-13(7-15)14(6-12)16-5-4-11(8-16)9-17/h2-3,6,11,17H,4-5,8-9H2,1H3. The van der Waals surface area contributed by atoms with Gasteiger partial charge in [-0.2, -0.15) is 5.26 Å². The Labute approximate surface area is 106 Å². The number of nitriles is 1. The fourth-order valence-corrected chi connectivity index (χ4v) is 2.31. The van der Waals surface area contributed by atoms with Crippen molar-refractivity contribution in [3.05, 3.63) is 29.3 Å². The normalized spacial score (nSPS) is 18.7. The summed E-state index contributed by atoms with van der Waals surface area (Å²) in [5.74, 6) is 0.260. The van der Waals surface area contributed by atoms with Gasteiger partial charge in [-0.1, -0.05) is 0 Å². The van der Waals surface area contributed by atoms with Gasteiger partial charge in [0.05, 0.1) is 11.3 Å². The second-order valence-electron chi connectivity index (χ2n) is 4.68. The van der Waals surface area contributed by atoms with Crippen molar-refractivity contribution in [3.8, 4) is 6.07 Å². The Morgan fingerprint density at radius 2 is 2.39 bits per heavy atom. The molecule has 0 saturated carbocycles. The molecule has 1 aliphatic heterocycles. The molecule has 18 heavy (non-hydrogen) atoms. The SMILES string of the molecule is CC(=O)c1ccc(C#N)c(N2CCC(CO)C2)c1. The van der Waals surface area contributed by atoms with Crippen LogP contribution in [0.3, 0.4) is 0 Å². The van der Waals surface area contributed by atoms with Crippen LogP contribution in [0.2, 0.25) is 0 Å². The second kappa shape index (κ2) is 5.19. The van der Waals surface area contributed by atoms with E-state index in [2.05, 4.69) is 11.0 Å². The topological polar surface area (TPSA) is 64.3 Å². The van der Waals surface area contributed by atoms with Crippen LogP contribution in [0.25, 0.3) is 0 Å². The first kappa shape index (κ1) is 12.6. The minimum atomic E-state index is -0.00125. The van der Waals surface area contributed by atoms with Gasteiger partial charge >= 0.3 is 0 Å². The maximum atomic E-state index is 11.4. The van der Waals surface area contributed by atoms with Gasteiger partial charge in [-0.15, -0.1) is 0 Å². The predicted molar refractivity (Wildman–Crippen MR) is 68.6 cm³/mol. The van der Waals surface area contributed by atoms with Crippen molar-refractivity contribution in [3.63, 3.8) is 0 Å². The lowest BCUT2D eigenvalue weighted by Gasteiger charge is -2.20. The van der Waals surface area contributed by atoms with Crippen LogP contribution in [-0.4, -0.2) is 30.6 Å². The molecule has 1 aromatic rings. The molecule has 1 aliphatic rings. The van der Waals surface area contributed by atoms with E-state index in [-0.39, 0.29) is 18.3 Å². The highest BCUT2D eigenvalue weighted by molar-refractivity contribution is 5.95. The molecule has 1 saturated heterocycles. The average Bonchev–Trinajstić information content (AvgIpc) is 2.86. The number of hydrogen-bond donors (Lipinski definition) is 1. The van der Waals surface area contributed by atoms with Gasteiger partial charge in [0.15, 0.2) is 5.78 Å². The zero-order valence-electron chi connectivity index (χ0n) is 10.4. The van der Waals surface area contributed by atoms with E-state index in [0.717, 1.165) is 25.2 Å². The average molecular weight is 244 g/mol. The van der Waals surface area contributed by atoms with E-state index in [1.807, 2.05) is 0 Å². The van der Waals surface area contributed by atoms with Gasteiger partial charge in [-0.25, -0.2) is 0 Å². The summed E-state index contributed by atoms with van der Waals surface area (Å²) in [7, 11) is 0. The van der Waals surface area contributed by atoms with Crippen LogP contribution in [0.5, 0.6) is 0 Å². The third-order valence-corrected chi connectivity index (χ3v) is 3.41. The highest BCUT2D eigenvalue weighted by Gasteiger charge is 2.24. The molecule has 1 atom stereocenters. The smallest absolute Gasteiger partial charge is 0.159 e. The molecule has 1 N–H and O–H groups in total. The Bertz CT molecular complexity index is 505. The van der Waals surface area contributed by atoms with Gasteiger partial charge in [0.2, 0.25) is 0 Å². The highest BCUT2D eigenvalue weighted by Crippen LogP contribution is 2.27. The first-order chi connectivity index (χ1) is 8.65. The number of aliphatic hydroxyl groups is 1. The van der Waals surface area contributed by atoms with Crippen molar-refractivity contribution >= 4 is 11.5 Å². The lowest BCUT2D eigenvalue weighted by molar-refractivity contribution is 0.101. The summed E-state index contributed by atoms with van der Waals surface area (Å²) in [5, 5.41) is 18.3. The van der Waals surface area contributed by atoms with E-state index in [9.17, 15) is 4.79 Å². The van der Waals surface area contributed by atoms with E-state index in [0.29, 0.717) is 11.1 Å². The number of ketones is 1. The molecule has 0 aliphatic carbocycles. The lowest BCUT2D eigenvalue weighted by atomic mass is 10.1. The fraction of sp³-hybridized carbons (Fsp3) is 0.429. The number of carbonyl (C=O) groups is 1.